The van der Waals surface area contributed by atoms with Crippen LogP contribution in [0.3, 0.4) is 0 Å². The third kappa shape index (κ3) is 2.96. The second-order valence-electron chi connectivity index (χ2n) is 4.20. The lowest BCUT2D eigenvalue weighted by Gasteiger charge is -2.32. The van der Waals surface area contributed by atoms with Crippen LogP contribution < -0.4 is 0 Å². The van der Waals surface area contributed by atoms with E-state index in [4.69, 9.17) is 4.74 Å². The molecule has 1 aliphatic rings. The topological polar surface area (TPSA) is 29.5 Å². The first-order chi connectivity index (χ1) is 8.70. The number of morpholine rings is 1. The first kappa shape index (κ1) is 12.8. The number of carbonyl (C=O) groups is 1. The van der Waals surface area contributed by atoms with Gasteiger partial charge in [-0.15, -0.1) is 0 Å². The van der Waals surface area contributed by atoms with Crippen LogP contribution in [0.2, 0.25) is 0 Å². The molecule has 0 aromatic heterocycles. The van der Waals surface area contributed by atoms with Crippen LogP contribution in [0.1, 0.15) is 18.6 Å². The molecule has 1 atom stereocenters. The highest BCUT2D eigenvalue weighted by Gasteiger charge is 2.24. The summed E-state index contributed by atoms with van der Waals surface area (Å²) in [6.07, 6.45) is 3.10. The molecule has 18 heavy (non-hydrogen) atoms. The van der Waals surface area contributed by atoms with Gasteiger partial charge >= 0.3 is 0 Å². The van der Waals surface area contributed by atoms with Crippen LogP contribution in [-0.2, 0) is 9.53 Å². The minimum absolute atomic E-state index is 0.00656. The summed E-state index contributed by atoms with van der Waals surface area (Å²) < 4.78 is 18.5. The Hall–Kier alpha value is -1.68. The van der Waals surface area contributed by atoms with Crippen molar-refractivity contribution in [2.75, 3.05) is 19.7 Å². The van der Waals surface area contributed by atoms with Gasteiger partial charge in [0.05, 0.1) is 13.2 Å². The lowest BCUT2D eigenvalue weighted by Crippen LogP contribution is -2.41. The van der Waals surface area contributed by atoms with Crippen LogP contribution in [0.5, 0.6) is 0 Å². The molecule has 0 spiro atoms. The van der Waals surface area contributed by atoms with Crippen molar-refractivity contribution >= 4 is 5.91 Å². The Kier molecular flexibility index (Phi) is 4.10. The van der Waals surface area contributed by atoms with Crippen LogP contribution in [0.25, 0.3) is 0 Å². The highest BCUT2D eigenvalue weighted by atomic mass is 19.1. The normalized spacial score (nSPS) is 20.3. The van der Waals surface area contributed by atoms with E-state index in [1.54, 1.807) is 29.2 Å². The van der Waals surface area contributed by atoms with Gasteiger partial charge in [0.25, 0.3) is 0 Å². The summed E-state index contributed by atoms with van der Waals surface area (Å²) in [4.78, 5) is 13.5. The van der Waals surface area contributed by atoms with E-state index in [9.17, 15) is 9.18 Å². The number of ether oxygens (including phenoxy) is 1. The predicted octanol–water partition coefficient (Wildman–Crippen LogP) is 2.30. The van der Waals surface area contributed by atoms with Crippen LogP contribution in [-0.4, -0.2) is 30.5 Å². The Bertz CT molecular complexity index is 442. The van der Waals surface area contributed by atoms with Crippen LogP contribution in [0.4, 0.5) is 4.39 Å². The fourth-order valence-corrected chi connectivity index (χ4v) is 1.98. The summed E-state index contributed by atoms with van der Waals surface area (Å²) >= 11 is 0. The highest BCUT2D eigenvalue weighted by Crippen LogP contribution is 2.22. The average Bonchev–Trinajstić information content (AvgIpc) is 2.40. The zero-order valence-electron chi connectivity index (χ0n) is 10.3. The van der Waals surface area contributed by atoms with Crippen LogP contribution in [0.15, 0.2) is 36.4 Å². The average molecular weight is 249 g/mol. The molecule has 2 rings (SSSR count). The minimum Gasteiger partial charge on any atom is -0.370 e. The second kappa shape index (κ2) is 5.78. The van der Waals surface area contributed by atoms with Crippen molar-refractivity contribution < 1.29 is 13.9 Å². The van der Waals surface area contributed by atoms with E-state index < -0.39 is 0 Å². The number of benzene rings is 1. The van der Waals surface area contributed by atoms with Gasteiger partial charge in [0.2, 0.25) is 5.91 Å². The molecule has 1 aromatic rings. The first-order valence-electron chi connectivity index (χ1n) is 5.99. The molecular weight excluding hydrogens is 233 g/mol. The van der Waals surface area contributed by atoms with Gasteiger partial charge in [0.1, 0.15) is 11.9 Å². The van der Waals surface area contributed by atoms with E-state index in [0.29, 0.717) is 19.7 Å². The number of halogens is 1. The Labute approximate surface area is 106 Å². The zero-order valence-corrected chi connectivity index (χ0v) is 10.3. The second-order valence-corrected chi connectivity index (χ2v) is 4.20. The fourth-order valence-electron chi connectivity index (χ4n) is 1.98. The molecule has 0 radical (unpaired) electrons. The van der Waals surface area contributed by atoms with Gasteiger partial charge < -0.3 is 9.64 Å². The first-order valence-corrected chi connectivity index (χ1v) is 5.99. The number of allylic oxidation sites excluding steroid dienone is 1. The van der Waals surface area contributed by atoms with Gasteiger partial charge in [-0.3, -0.25) is 4.79 Å². The summed E-state index contributed by atoms with van der Waals surface area (Å²) in [6.45, 7) is 3.43. The van der Waals surface area contributed by atoms with Crippen LogP contribution >= 0.6 is 0 Å². The monoisotopic (exact) mass is 249 g/mol. The molecule has 1 fully saturated rings. The minimum atomic E-state index is -0.267. The lowest BCUT2D eigenvalue weighted by atomic mass is 10.1. The largest absolute Gasteiger partial charge is 0.370 e. The van der Waals surface area contributed by atoms with Gasteiger partial charge in [-0.05, 0) is 30.7 Å². The molecule has 0 N–H and O–H groups in total. The SMILES string of the molecule is C/C=C/C(=O)N1CCOC(c2ccc(F)cc2)C1. The third-order valence-corrected chi connectivity index (χ3v) is 2.93. The van der Waals surface area contributed by atoms with E-state index in [-0.39, 0.29) is 17.8 Å². The maximum absolute atomic E-state index is 12.8. The van der Waals surface area contributed by atoms with Crippen LogP contribution in [0, 0.1) is 5.82 Å². The summed E-state index contributed by atoms with van der Waals surface area (Å²) in [5.74, 6) is -0.274. The van der Waals surface area contributed by atoms with E-state index in [1.807, 2.05) is 6.92 Å². The molecule has 1 heterocycles. The smallest absolute Gasteiger partial charge is 0.246 e. The van der Waals surface area contributed by atoms with Crippen molar-refractivity contribution in [3.05, 3.63) is 47.8 Å². The van der Waals surface area contributed by atoms with Crippen molar-refractivity contribution in [3.8, 4) is 0 Å². The maximum Gasteiger partial charge on any atom is 0.246 e. The van der Waals surface area contributed by atoms with Crippen molar-refractivity contribution in [3.63, 3.8) is 0 Å². The van der Waals surface area contributed by atoms with Gasteiger partial charge in [-0.2, -0.15) is 0 Å². The van der Waals surface area contributed by atoms with E-state index in [0.717, 1.165) is 5.56 Å². The molecule has 1 unspecified atom stereocenters. The van der Waals surface area contributed by atoms with Gasteiger partial charge in [0, 0.05) is 6.54 Å². The quantitative estimate of drug-likeness (QED) is 0.753. The highest BCUT2D eigenvalue weighted by molar-refractivity contribution is 5.87. The zero-order chi connectivity index (χ0) is 13.0. The molecule has 96 valence electrons. The third-order valence-electron chi connectivity index (χ3n) is 2.93. The molecule has 1 aromatic carbocycles. The Morgan fingerprint density at radius 2 is 2.17 bits per heavy atom. The molecule has 1 amide bonds. The van der Waals surface area contributed by atoms with Gasteiger partial charge in [-0.1, -0.05) is 18.2 Å². The lowest BCUT2D eigenvalue weighted by molar-refractivity contribution is -0.133. The molecule has 0 aliphatic carbocycles. The fraction of sp³-hybridized carbons (Fsp3) is 0.357. The van der Waals surface area contributed by atoms with E-state index >= 15 is 0 Å². The number of hydrogen-bond acceptors (Lipinski definition) is 2. The van der Waals surface area contributed by atoms with E-state index in [2.05, 4.69) is 0 Å². The molecule has 0 saturated carbocycles. The molecule has 3 nitrogen and oxygen atoms in total. The predicted molar refractivity (Wildman–Crippen MR) is 66.5 cm³/mol. The van der Waals surface area contributed by atoms with Crippen molar-refractivity contribution in [2.24, 2.45) is 0 Å². The Morgan fingerprint density at radius 3 is 2.83 bits per heavy atom. The number of nitrogens with zero attached hydrogens (tertiary/aromatic N) is 1. The summed E-state index contributed by atoms with van der Waals surface area (Å²) in [5, 5.41) is 0. The number of hydrogen-bond donors (Lipinski definition) is 0. The number of carbonyl (C=O) groups excluding carboxylic acids is 1. The number of rotatable bonds is 2. The Balaban J connectivity index is 2.06. The molecular formula is C14H16FNO2. The summed E-state index contributed by atoms with van der Waals surface area (Å²) in [6, 6.07) is 6.21. The van der Waals surface area contributed by atoms with Gasteiger partial charge in [-0.25, -0.2) is 4.39 Å². The molecule has 4 heteroatoms. The number of amides is 1. The van der Waals surface area contributed by atoms with Gasteiger partial charge in [0.15, 0.2) is 0 Å². The molecule has 1 aliphatic heterocycles. The summed E-state index contributed by atoms with van der Waals surface area (Å²) in [5.41, 5.74) is 0.898. The Morgan fingerprint density at radius 1 is 1.44 bits per heavy atom. The summed E-state index contributed by atoms with van der Waals surface area (Å²) in [7, 11) is 0. The molecule has 0 bridgehead atoms. The maximum atomic E-state index is 12.8. The van der Waals surface area contributed by atoms with E-state index in [1.165, 1.54) is 12.1 Å². The molecule has 1 saturated heterocycles. The van der Waals surface area contributed by atoms with Crippen molar-refractivity contribution in [1.29, 1.82) is 0 Å². The van der Waals surface area contributed by atoms with Crippen molar-refractivity contribution in [2.45, 2.75) is 13.0 Å². The van der Waals surface area contributed by atoms with Crippen molar-refractivity contribution in [1.82, 2.24) is 4.90 Å². The standard InChI is InChI=1S/C14H16FNO2/c1-2-3-14(17)16-8-9-18-13(10-16)11-4-6-12(15)7-5-11/h2-7,13H,8-10H2,1H3/b3-2+.